The highest BCUT2D eigenvalue weighted by Crippen LogP contribution is 2.47. The van der Waals surface area contributed by atoms with Crippen molar-refractivity contribution in [2.45, 2.75) is 162 Å². The van der Waals surface area contributed by atoms with Gasteiger partial charge in [-0.3, -0.25) is 19.4 Å². The summed E-state index contributed by atoms with van der Waals surface area (Å²) in [7, 11) is 4.21. The molecule has 8 aromatic carbocycles. The number of nitrogens with zero attached hydrogens (tertiary/aromatic N) is 17. The van der Waals surface area contributed by atoms with Gasteiger partial charge in [0.05, 0.1) is 64.1 Å². The van der Waals surface area contributed by atoms with Gasteiger partial charge in [0.25, 0.3) is 23.6 Å². The molecule has 2 aliphatic heterocycles. The molecule has 716 valence electrons. The van der Waals surface area contributed by atoms with E-state index < -0.39 is 20.0 Å². The predicted molar refractivity (Wildman–Crippen MR) is 517 cm³/mol. The number of hydrogen-bond donors (Lipinski definition) is 2. The number of fused-ring (bicyclic) bond motifs is 4. The summed E-state index contributed by atoms with van der Waals surface area (Å²) in [6.45, 7) is 21.2. The van der Waals surface area contributed by atoms with Gasteiger partial charge in [-0.05, 0) is 259 Å². The number of sulfonamides is 2. The summed E-state index contributed by atoms with van der Waals surface area (Å²) >= 11 is 0. The summed E-state index contributed by atoms with van der Waals surface area (Å²) < 4.78 is 101. The van der Waals surface area contributed by atoms with Gasteiger partial charge < -0.3 is 51.7 Å². The molecular weight excluding hydrogens is 1790 g/mol. The van der Waals surface area contributed by atoms with Crippen LogP contribution in [0.1, 0.15) is 179 Å². The maximum atomic E-state index is 12.5. The Kier molecular flexibility index (Phi) is 30.7. The summed E-state index contributed by atoms with van der Waals surface area (Å²) in [6, 6.07) is 53.7. The third-order valence-corrected chi connectivity index (χ3v) is 27.6. The molecule has 4 aliphatic carbocycles. The van der Waals surface area contributed by atoms with Crippen LogP contribution < -0.4 is 28.4 Å². The van der Waals surface area contributed by atoms with E-state index in [1.165, 1.54) is 22.3 Å². The maximum absolute atomic E-state index is 12.5. The lowest BCUT2D eigenvalue weighted by Crippen LogP contribution is -2.54. The van der Waals surface area contributed by atoms with Gasteiger partial charge in [-0.2, -0.15) is 41.0 Å². The van der Waals surface area contributed by atoms with Gasteiger partial charge in [0, 0.05) is 128 Å². The lowest BCUT2D eigenvalue weighted by Gasteiger charge is -2.43. The molecular formula is C103H113N19O14S2. The quantitative estimate of drug-likeness (QED) is 0.0422. The molecule has 6 heterocycles. The van der Waals surface area contributed by atoms with E-state index in [1.807, 2.05) is 180 Å². The number of carbonyl (C=O) groups excluding carboxylic acids is 2. The van der Waals surface area contributed by atoms with E-state index in [2.05, 4.69) is 96.2 Å². The Labute approximate surface area is 804 Å². The summed E-state index contributed by atoms with van der Waals surface area (Å²) in [6.07, 6.45) is 6.52. The van der Waals surface area contributed by atoms with Gasteiger partial charge in [-0.25, -0.2) is 26.3 Å². The third-order valence-electron chi connectivity index (χ3n) is 24.8. The van der Waals surface area contributed by atoms with Crippen LogP contribution in [0, 0.1) is 57.2 Å². The van der Waals surface area contributed by atoms with E-state index in [9.17, 15) is 47.5 Å². The van der Waals surface area contributed by atoms with Gasteiger partial charge in [-0.15, -0.1) is 0 Å². The second-order valence-electron chi connectivity index (χ2n) is 37.1. The number of rotatable bonds is 30. The van der Waals surface area contributed by atoms with Gasteiger partial charge >= 0.3 is 0 Å². The molecule has 0 bridgehead atoms. The molecule has 6 aliphatic rings. The molecule has 2 saturated heterocycles. The molecule has 2 N–H and O–H groups in total. The van der Waals surface area contributed by atoms with Crippen LogP contribution >= 0.6 is 0 Å². The molecule has 2 fully saturated rings. The van der Waals surface area contributed by atoms with Crippen LogP contribution in [-0.4, -0.2) is 211 Å². The van der Waals surface area contributed by atoms with Crippen molar-refractivity contribution < 1.29 is 63.5 Å². The number of aromatic nitrogens is 8. The zero-order valence-corrected chi connectivity index (χ0v) is 81.7. The van der Waals surface area contributed by atoms with Crippen molar-refractivity contribution in [2.24, 2.45) is 11.8 Å². The Balaban J connectivity index is 0.000000140. The number of Topliss-reactive ketones (excluding diaryl/α,β-unsaturated/α-hetero) is 1. The third kappa shape index (κ3) is 22.9. The average molecular weight is 1910 g/mol. The first kappa shape index (κ1) is 98.8. The molecule has 0 spiro atoms. The first-order valence-corrected chi connectivity index (χ1v) is 49.6. The Hall–Kier alpha value is -13.7. The fraction of sp³-hybridized carbons (Fsp3) is 0.398. The fourth-order valence-electron chi connectivity index (χ4n) is 18.1. The number of likely N-dealkylation sites (tertiary alicyclic amines) is 2. The molecule has 33 nitrogen and oxygen atoms in total. The second kappa shape index (κ2) is 42.9. The number of amides is 1. The van der Waals surface area contributed by atoms with Crippen molar-refractivity contribution in [1.29, 1.82) is 21.0 Å². The number of ketones is 1. The number of benzene rings is 8. The number of carbonyl (C=O) groups is 2. The van der Waals surface area contributed by atoms with Crippen LogP contribution in [0.4, 0.5) is 0 Å². The van der Waals surface area contributed by atoms with Crippen LogP contribution in [0.3, 0.4) is 0 Å². The molecule has 0 radical (unpaired) electrons. The monoisotopic (exact) mass is 1900 g/mol. The van der Waals surface area contributed by atoms with Crippen LogP contribution in [0.15, 0.2) is 164 Å². The topological polar surface area (TPSA) is 430 Å². The standard InChI is InChI=1S/C27H29N5O3.C26H26N4O3.2C25H29N5O4S/c1-16(2)34-24-11-8-17(12-18(24)13-28)26-29-25(30-35-26)22-7-5-6-21-20(22)9-10-23(21)32-14-19(15-32)27(33)31(3)4;1-15(2)32-24-10-7-17(11-18(24)12-27)26-28-25(29-33-26)22-6-4-5-21-20(22)8-9-23(21)30-13-19(14-30)16(3)31;2*1-16(2)33-23-11-8-17(14-18(23)15-26)25-27-24(28-34-25)21-7-5-6-20-19(21)9-10-22(20)29-35(31,32)13-12-30(3)4/h5-8,11-12,16,19,23H,9-10,14-15H2,1-4H3;4-7,10-11,15,19,23H,8-9,13-14H2,1-3H3;2*5-8,11,14,16,22,29H,9-10,12-13H2,1-4H3/t2*23-;2*22-/m1000/s1. The van der Waals surface area contributed by atoms with E-state index >= 15 is 0 Å². The predicted octanol–water partition coefficient (Wildman–Crippen LogP) is 15.7. The highest BCUT2D eigenvalue weighted by Gasteiger charge is 2.43. The number of ether oxygens (including phenoxy) is 4. The van der Waals surface area contributed by atoms with E-state index in [0.29, 0.717) is 165 Å². The molecule has 0 unspecified atom stereocenters. The highest BCUT2D eigenvalue weighted by molar-refractivity contribution is 7.89. The first-order chi connectivity index (χ1) is 66.1. The molecule has 4 aromatic heterocycles. The average Bonchev–Trinajstić information content (AvgIpc) is 1.60. The summed E-state index contributed by atoms with van der Waals surface area (Å²) in [4.78, 5) is 52.5. The maximum Gasteiger partial charge on any atom is 0.258 e. The van der Waals surface area contributed by atoms with E-state index in [0.717, 1.165) is 96.4 Å². The molecule has 4 atom stereocenters. The minimum Gasteiger partial charge on any atom is -0.490 e. The van der Waals surface area contributed by atoms with Gasteiger partial charge in [0.2, 0.25) is 49.3 Å². The largest absolute Gasteiger partial charge is 0.490 e. The van der Waals surface area contributed by atoms with Crippen molar-refractivity contribution in [3.63, 3.8) is 0 Å². The molecule has 35 heteroatoms. The van der Waals surface area contributed by atoms with Crippen LogP contribution in [0.5, 0.6) is 23.0 Å². The van der Waals surface area contributed by atoms with Crippen LogP contribution in [-0.2, 0) is 55.3 Å². The van der Waals surface area contributed by atoms with Crippen molar-refractivity contribution in [2.75, 3.05) is 93.1 Å². The van der Waals surface area contributed by atoms with Gasteiger partial charge in [0.1, 0.15) is 53.1 Å². The Bertz CT molecular complexity index is 6690. The lowest BCUT2D eigenvalue weighted by molar-refractivity contribution is -0.139. The fourth-order valence-corrected chi connectivity index (χ4v) is 20.9. The summed E-state index contributed by atoms with van der Waals surface area (Å²) in [5.41, 5.74) is 16.8. The molecule has 18 rings (SSSR count). The van der Waals surface area contributed by atoms with E-state index in [4.69, 9.17) is 37.0 Å². The zero-order valence-electron chi connectivity index (χ0n) is 80.1. The van der Waals surface area contributed by atoms with Crippen molar-refractivity contribution in [3.8, 4) is 139 Å². The Morgan fingerprint density at radius 3 is 0.949 bits per heavy atom. The molecule has 138 heavy (non-hydrogen) atoms. The summed E-state index contributed by atoms with van der Waals surface area (Å²) in [5.74, 6) is 6.21. The normalized spacial score (nSPS) is 16.6. The summed E-state index contributed by atoms with van der Waals surface area (Å²) in [5, 5.41) is 54.9. The van der Waals surface area contributed by atoms with Gasteiger partial charge in [0.15, 0.2) is 0 Å². The zero-order chi connectivity index (χ0) is 98.1. The highest BCUT2D eigenvalue weighted by atomic mass is 32.2. The van der Waals surface area contributed by atoms with Crippen molar-refractivity contribution >= 4 is 31.7 Å². The van der Waals surface area contributed by atoms with Crippen molar-refractivity contribution in [1.82, 2.24) is 74.5 Å². The number of hydrogen-bond acceptors (Lipinski definition) is 30. The SMILES string of the molecule is CC(=O)C1CN([C@H]2CCc3c(-c4noc(-c5ccc(OC(C)C)c(C#N)c5)n4)cccc32)C1.CC(C)Oc1ccc(-c2nc(-c3cccc4c3CC[C@@H]4NS(=O)(=O)CCN(C)C)no2)cc1C#N.CC(C)Oc1ccc(-c2nc(-c3cccc4c3CC[C@@H]4NS(=O)(=O)CCN(C)C)no2)cc1C#N.CC(C)Oc1ccc(-c2nc(-c3cccc4c3CC[C@H]4N3CC(C(=O)N(C)C)C3)no2)cc1C#N. The van der Waals surface area contributed by atoms with Crippen LogP contribution in [0.2, 0.25) is 0 Å². The van der Waals surface area contributed by atoms with Crippen molar-refractivity contribution in [3.05, 3.63) is 212 Å². The molecule has 1 amide bonds. The smallest absolute Gasteiger partial charge is 0.258 e. The second-order valence-corrected chi connectivity index (χ2v) is 40.8. The Morgan fingerprint density at radius 1 is 0.406 bits per heavy atom. The number of nitriles is 4. The van der Waals surface area contributed by atoms with Gasteiger partial charge in [-0.1, -0.05) is 93.4 Å². The lowest BCUT2D eigenvalue weighted by atomic mass is 9.92. The van der Waals surface area contributed by atoms with Crippen LogP contribution in [0.25, 0.3) is 91.4 Å². The molecule has 12 aromatic rings. The first-order valence-electron chi connectivity index (χ1n) is 46.3. The minimum atomic E-state index is -3.41. The van der Waals surface area contributed by atoms with E-state index in [-0.39, 0.29) is 71.5 Å². The number of nitrogens with one attached hydrogen (secondary N) is 2. The minimum absolute atomic E-state index is 0.0217. The molecule has 0 saturated carbocycles. The Morgan fingerprint density at radius 2 is 0.681 bits per heavy atom. The van der Waals surface area contributed by atoms with E-state index in [1.54, 1.807) is 72.5 Å².